The second-order valence-corrected chi connectivity index (χ2v) is 19.1. The Morgan fingerprint density at radius 1 is 0.941 bits per heavy atom. The smallest absolute Gasteiger partial charge is 0.0517 e. The van der Waals surface area contributed by atoms with Crippen LogP contribution in [0.3, 0.4) is 0 Å². The molecular formula is C14H25BrSi2. The second-order valence-electron chi connectivity index (χ2n) is 7.23. The van der Waals surface area contributed by atoms with Gasteiger partial charge in [-0.15, -0.1) is 0 Å². The molecule has 0 radical (unpaired) electrons. The second kappa shape index (κ2) is 5.41. The Bertz CT molecular complexity index is 357. The van der Waals surface area contributed by atoms with Crippen LogP contribution < -0.4 is 0 Å². The SMILES string of the molecule is C[Si](C)(C)CC(c1ccc(Br)cc1)[Si](C)(C)C. The zero-order chi connectivity index (χ0) is 13.3. The summed E-state index contributed by atoms with van der Waals surface area (Å²) < 4.78 is 1.18. The highest BCUT2D eigenvalue weighted by Crippen LogP contribution is 2.35. The normalized spacial score (nSPS) is 14.8. The van der Waals surface area contributed by atoms with Gasteiger partial charge in [-0.1, -0.05) is 73.4 Å². The van der Waals surface area contributed by atoms with Gasteiger partial charge in [-0.25, -0.2) is 0 Å². The average molecular weight is 329 g/mol. The zero-order valence-corrected chi connectivity index (χ0v) is 15.6. The molecule has 0 bridgehead atoms. The maximum atomic E-state index is 3.53. The lowest BCUT2D eigenvalue weighted by atomic mass is 10.2. The lowest BCUT2D eigenvalue weighted by molar-refractivity contribution is 0.985. The van der Waals surface area contributed by atoms with Gasteiger partial charge in [0.15, 0.2) is 0 Å². The molecule has 1 rings (SSSR count). The van der Waals surface area contributed by atoms with E-state index in [4.69, 9.17) is 0 Å². The van der Waals surface area contributed by atoms with E-state index < -0.39 is 16.1 Å². The van der Waals surface area contributed by atoms with Crippen molar-refractivity contribution in [1.29, 1.82) is 0 Å². The topological polar surface area (TPSA) is 0 Å². The van der Waals surface area contributed by atoms with Crippen LogP contribution in [0, 0.1) is 0 Å². The van der Waals surface area contributed by atoms with Gasteiger partial charge in [-0.2, -0.15) is 0 Å². The molecule has 0 saturated carbocycles. The lowest BCUT2D eigenvalue weighted by Gasteiger charge is -2.34. The van der Waals surface area contributed by atoms with Crippen LogP contribution in [0.1, 0.15) is 11.1 Å². The lowest BCUT2D eigenvalue weighted by Crippen LogP contribution is -2.36. The number of hydrogen-bond donors (Lipinski definition) is 0. The molecule has 0 heterocycles. The molecule has 1 aromatic carbocycles. The molecule has 0 amide bonds. The highest BCUT2D eigenvalue weighted by Gasteiger charge is 2.32. The summed E-state index contributed by atoms with van der Waals surface area (Å²) in [6.45, 7) is 15.0. The van der Waals surface area contributed by atoms with E-state index >= 15 is 0 Å². The molecule has 1 unspecified atom stereocenters. The third kappa shape index (κ3) is 5.10. The van der Waals surface area contributed by atoms with Crippen molar-refractivity contribution in [3.05, 3.63) is 34.3 Å². The summed E-state index contributed by atoms with van der Waals surface area (Å²) in [5.74, 6) is 0. The van der Waals surface area contributed by atoms with E-state index in [1.165, 1.54) is 10.5 Å². The fourth-order valence-corrected chi connectivity index (χ4v) is 9.44. The van der Waals surface area contributed by atoms with Crippen molar-refractivity contribution in [3.63, 3.8) is 0 Å². The largest absolute Gasteiger partial charge is 0.0695 e. The predicted molar refractivity (Wildman–Crippen MR) is 88.4 cm³/mol. The first-order chi connectivity index (χ1) is 7.59. The Balaban J connectivity index is 3.03. The Kier molecular flexibility index (Phi) is 4.83. The summed E-state index contributed by atoms with van der Waals surface area (Å²) >= 11 is 3.53. The average Bonchev–Trinajstić information content (AvgIpc) is 2.13. The summed E-state index contributed by atoms with van der Waals surface area (Å²) in [5, 5.41) is 0. The number of rotatable bonds is 4. The summed E-state index contributed by atoms with van der Waals surface area (Å²) in [6, 6.07) is 10.4. The van der Waals surface area contributed by atoms with Gasteiger partial charge >= 0.3 is 0 Å². The maximum Gasteiger partial charge on any atom is 0.0517 e. The summed E-state index contributed by atoms with van der Waals surface area (Å²) in [7, 11) is -2.14. The fourth-order valence-electron chi connectivity index (χ4n) is 2.23. The molecule has 0 saturated heterocycles. The van der Waals surface area contributed by atoms with Crippen molar-refractivity contribution in [2.45, 2.75) is 50.9 Å². The molecule has 0 nitrogen and oxygen atoms in total. The van der Waals surface area contributed by atoms with Crippen molar-refractivity contribution >= 4 is 32.1 Å². The summed E-state index contributed by atoms with van der Waals surface area (Å²) in [5.41, 5.74) is 2.36. The van der Waals surface area contributed by atoms with E-state index in [1.807, 2.05) is 0 Å². The molecule has 1 aromatic rings. The van der Waals surface area contributed by atoms with E-state index in [0.717, 1.165) is 5.54 Å². The number of benzene rings is 1. The molecule has 0 aliphatic heterocycles. The van der Waals surface area contributed by atoms with Crippen molar-refractivity contribution < 1.29 is 0 Å². The van der Waals surface area contributed by atoms with Crippen molar-refractivity contribution in [2.75, 3.05) is 0 Å². The first kappa shape index (κ1) is 15.2. The minimum absolute atomic E-state index is 0.808. The minimum Gasteiger partial charge on any atom is -0.0695 e. The summed E-state index contributed by atoms with van der Waals surface area (Å²) in [4.78, 5) is 0. The van der Waals surface area contributed by atoms with Crippen LogP contribution >= 0.6 is 15.9 Å². The molecule has 0 aliphatic rings. The maximum absolute atomic E-state index is 3.53. The van der Waals surface area contributed by atoms with Crippen LogP contribution in [0.4, 0.5) is 0 Å². The van der Waals surface area contributed by atoms with Gasteiger partial charge in [0.1, 0.15) is 0 Å². The standard InChI is InChI=1S/C14H25BrSi2/c1-16(2,3)11-14(17(4,5)6)12-7-9-13(15)10-8-12/h7-10,14H,11H2,1-6H3. The van der Waals surface area contributed by atoms with Crippen LogP contribution in [-0.4, -0.2) is 16.1 Å². The number of hydrogen-bond acceptors (Lipinski definition) is 0. The highest BCUT2D eigenvalue weighted by atomic mass is 79.9. The molecular weight excluding hydrogens is 304 g/mol. The van der Waals surface area contributed by atoms with Crippen LogP contribution in [0.2, 0.25) is 45.3 Å². The van der Waals surface area contributed by atoms with Gasteiger partial charge in [0, 0.05) is 12.5 Å². The molecule has 0 aromatic heterocycles. The monoisotopic (exact) mass is 328 g/mol. The first-order valence-electron chi connectivity index (χ1n) is 6.35. The molecule has 0 aliphatic carbocycles. The van der Waals surface area contributed by atoms with Crippen molar-refractivity contribution in [1.82, 2.24) is 0 Å². The Morgan fingerprint density at radius 2 is 1.41 bits per heavy atom. The van der Waals surface area contributed by atoms with Crippen molar-refractivity contribution in [2.24, 2.45) is 0 Å². The fraction of sp³-hybridized carbons (Fsp3) is 0.571. The molecule has 1 atom stereocenters. The molecule has 0 N–H and O–H groups in total. The predicted octanol–water partition coefficient (Wildman–Crippen LogP) is 5.75. The number of halogens is 1. The molecule has 0 fully saturated rings. The molecule has 0 spiro atoms. The molecule has 17 heavy (non-hydrogen) atoms. The van der Waals surface area contributed by atoms with Gasteiger partial charge in [-0.05, 0) is 23.2 Å². The molecule has 96 valence electrons. The quantitative estimate of drug-likeness (QED) is 0.617. The van der Waals surface area contributed by atoms with E-state index in [1.54, 1.807) is 5.56 Å². The van der Waals surface area contributed by atoms with Gasteiger partial charge in [0.2, 0.25) is 0 Å². The third-order valence-electron chi connectivity index (χ3n) is 3.13. The highest BCUT2D eigenvalue weighted by molar-refractivity contribution is 9.10. The first-order valence-corrected chi connectivity index (χ1v) is 14.4. The van der Waals surface area contributed by atoms with E-state index in [2.05, 4.69) is 79.5 Å². The van der Waals surface area contributed by atoms with Gasteiger partial charge in [-0.3, -0.25) is 0 Å². The van der Waals surface area contributed by atoms with E-state index in [9.17, 15) is 0 Å². The van der Waals surface area contributed by atoms with Gasteiger partial charge in [0.25, 0.3) is 0 Å². The minimum atomic E-state index is -1.14. The van der Waals surface area contributed by atoms with E-state index in [0.29, 0.717) is 0 Å². The van der Waals surface area contributed by atoms with Crippen LogP contribution in [-0.2, 0) is 0 Å². The Morgan fingerprint density at radius 3 is 1.76 bits per heavy atom. The summed E-state index contributed by atoms with van der Waals surface area (Å²) in [6.07, 6.45) is 0. The zero-order valence-electron chi connectivity index (χ0n) is 12.0. The van der Waals surface area contributed by atoms with Crippen LogP contribution in [0.5, 0.6) is 0 Å². The Hall–Kier alpha value is 0.134. The van der Waals surface area contributed by atoms with Crippen molar-refractivity contribution in [3.8, 4) is 0 Å². The van der Waals surface area contributed by atoms with Gasteiger partial charge < -0.3 is 0 Å². The van der Waals surface area contributed by atoms with Gasteiger partial charge in [0.05, 0.1) is 8.07 Å². The van der Waals surface area contributed by atoms with Crippen LogP contribution in [0.25, 0.3) is 0 Å². The Labute approximate surface area is 117 Å². The van der Waals surface area contributed by atoms with E-state index in [-0.39, 0.29) is 0 Å². The molecule has 3 heteroatoms. The van der Waals surface area contributed by atoms with Crippen LogP contribution in [0.15, 0.2) is 28.7 Å². The third-order valence-corrected chi connectivity index (χ3v) is 8.33.